The number of methoxy groups -OCH3 is 1. The van der Waals surface area contributed by atoms with Crippen molar-refractivity contribution < 1.29 is 9.47 Å². The Bertz CT molecular complexity index is 673. The van der Waals surface area contributed by atoms with Gasteiger partial charge in [0, 0.05) is 17.3 Å². The van der Waals surface area contributed by atoms with E-state index in [9.17, 15) is 0 Å². The van der Waals surface area contributed by atoms with E-state index in [4.69, 9.17) is 21.2 Å². The van der Waals surface area contributed by atoms with Crippen LogP contribution >= 0.6 is 0 Å². The first-order valence-corrected chi connectivity index (χ1v) is 8.59. The number of ether oxygens (including phenoxy) is 2. The molecule has 0 aliphatic carbocycles. The molecule has 2 atom stereocenters. The Morgan fingerprint density at radius 3 is 2.27 bits per heavy atom. The number of rotatable bonds is 7. The van der Waals surface area contributed by atoms with E-state index >= 15 is 0 Å². The fourth-order valence-corrected chi connectivity index (χ4v) is 2.77. The summed E-state index contributed by atoms with van der Waals surface area (Å²) in [7, 11) is 1.68. The van der Waals surface area contributed by atoms with Crippen molar-refractivity contribution in [3.8, 4) is 11.5 Å². The van der Waals surface area contributed by atoms with Gasteiger partial charge >= 0.3 is 0 Å². The zero-order valence-electron chi connectivity index (χ0n) is 15.9. The lowest BCUT2D eigenvalue weighted by Crippen LogP contribution is -2.58. The third-order valence-electron chi connectivity index (χ3n) is 4.18. The van der Waals surface area contributed by atoms with Gasteiger partial charge in [0.2, 0.25) is 0 Å². The highest BCUT2D eigenvalue weighted by atomic mass is 16.5. The van der Waals surface area contributed by atoms with Crippen LogP contribution in [0.2, 0.25) is 0 Å². The molecule has 0 saturated heterocycles. The van der Waals surface area contributed by atoms with Gasteiger partial charge in [0.05, 0.1) is 7.11 Å². The first-order chi connectivity index (χ1) is 12.4. The van der Waals surface area contributed by atoms with Crippen LogP contribution in [0.25, 0.3) is 0 Å². The van der Waals surface area contributed by atoms with Crippen molar-refractivity contribution >= 4 is 0 Å². The minimum absolute atomic E-state index is 0.258. The number of nitrogens with zero attached hydrogens (tertiary/aromatic N) is 2. The van der Waals surface area contributed by atoms with Crippen LogP contribution in [0.15, 0.2) is 34.4 Å². The third-order valence-corrected chi connectivity index (χ3v) is 4.18. The summed E-state index contributed by atoms with van der Waals surface area (Å²) in [6.45, 7) is 8.45. The highest BCUT2D eigenvalue weighted by molar-refractivity contribution is 5.49. The van der Waals surface area contributed by atoms with Crippen molar-refractivity contribution in [1.29, 1.82) is 0 Å². The second-order valence-electron chi connectivity index (χ2n) is 6.66. The minimum atomic E-state index is -0.486. The predicted octanol–water partition coefficient (Wildman–Crippen LogP) is 1.75. The van der Waals surface area contributed by atoms with E-state index in [1.54, 1.807) is 13.3 Å². The quantitative estimate of drug-likeness (QED) is 0.283. The molecular weight excluding hydrogens is 334 g/mol. The SMILES string of the molecule is COc1cc(C(C)C)c(OC2=CNC(N=NN)NC2NN)cc1C(C)C. The van der Waals surface area contributed by atoms with Crippen LogP contribution in [-0.4, -0.2) is 19.6 Å². The van der Waals surface area contributed by atoms with Gasteiger partial charge in [0.15, 0.2) is 12.0 Å². The summed E-state index contributed by atoms with van der Waals surface area (Å²) in [5, 5.41) is 13.2. The topological polar surface area (TPSA) is 131 Å². The van der Waals surface area contributed by atoms with Gasteiger partial charge in [0.25, 0.3) is 0 Å². The molecule has 0 radical (unpaired) electrons. The highest BCUT2D eigenvalue weighted by Crippen LogP contribution is 2.38. The second kappa shape index (κ2) is 8.84. The monoisotopic (exact) mass is 363 g/mol. The Kier molecular flexibility index (Phi) is 6.78. The van der Waals surface area contributed by atoms with Gasteiger partial charge < -0.3 is 20.6 Å². The molecule has 1 aromatic carbocycles. The summed E-state index contributed by atoms with van der Waals surface area (Å²) in [6.07, 6.45) is 0.764. The molecule has 0 saturated carbocycles. The second-order valence-corrected chi connectivity index (χ2v) is 6.66. The van der Waals surface area contributed by atoms with Crippen LogP contribution < -0.4 is 37.2 Å². The molecule has 1 aromatic rings. The molecule has 1 heterocycles. The van der Waals surface area contributed by atoms with Gasteiger partial charge in [0.1, 0.15) is 17.7 Å². The molecule has 26 heavy (non-hydrogen) atoms. The maximum Gasteiger partial charge on any atom is 0.197 e. The standard InChI is InChI=1S/C17H29N7O2/c1-9(2)11-7-14(12(10(3)4)6-13(11)25-5)26-15-8-20-17(23-24-19)21-16(15)22-18/h6-10,16-17,20-22H,18H2,1-5H3,(H2,19,23). The summed E-state index contributed by atoms with van der Waals surface area (Å²) in [5.74, 6) is 13.5. The van der Waals surface area contributed by atoms with Gasteiger partial charge in [-0.2, -0.15) is 0 Å². The fraction of sp³-hybridized carbons (Fsp3) is 0.529. The Labute approximate surface area is 154 Å². The lowest BCUT2D eigenvalue weighted by atomic mass is 9.95. The molecule has 1 aliphatic heterocycles. The molecule has 0 bridgehead atoms. The highest BCUT2D eigenvalue weighted by Gasteiger charge is 2.25. The summed E-state index contributed by atoms with van der Waals surface area (Å²) in [5.41, 5.74) is 4.79. The maximum absolute atomic E-state index is 6.20. The Morgan fingerprint density at radius 2 is 1.73 bits per heavy atom. The van der Waals surface area contributed by atoms with E-state index < -0.39 is 12.5 Å². The molecule has 9 nitrogen and oxygen atoms in total. The van der Waals surface area contributed by atoms with Crippen molar-refractivity contribution in [2.45, 2.75) is 52.0 Å². The van der Waals surface area contributed by atoms with E-state index in [0.717, 1.165) is 22.6 Å². The molecule has 7 N–H and O–H groups in total. The van der Waals surface area contributed by atoms with Crippen LogP contribution in [0, 0.1) is 0 Å². The molecule has 1 aliphatic rings. The summed E-state index contributed by atoms with van der Waals surface area (Å²) < 4.78 is 11.8. The molecular formula is C17H29N7O2. The smallest absolute Gasteiger partial charge is 0.197 e. The van der Waals surface area contributed by atoms with Gasteiger partial charge in [-0.3, -0.25) is 11.2 Å². The van der Waals surface area contributed by atoms with Crippen molar-refractivity contribution in [2.75, 3.05) is 7.11 Å². The molecule has 2 rings (SSSR count). The summed E-state index contributed by atoms with van der Waals surface area (Å²) in [6, 6.07) is 4.06. The number of benzene rings is 1. The lowest BCUT2D eigenvalue weighted by molar-refractivity contribution is 0.265. The van der Waals surface area contributed by atoms with E-state index in [1.807, 2.05) is 12.1 Å². The molecule has 0 fully saturated rings. The fourth-order valence-electron chi connectivity index (χ4n) is 2.77. The number of hydrogen-bond acceptors (Lipinski definition) is 8. The molecule has 2 unspecified atom stereocenters. The number of hydrogen-bond donors (Lipinski definition) is 5. The van der Waals surface area contributed by atoms with Gasteiger partial charge in [-0.1, -0.05) is 32.9 Å². The Balaban J connectivity index is 2.39. The Morgan fingerprint density at radius 1 is 1.12 bits per heavy atom. The zero-order chi connectivity index (χ0) is 19.3. The van der Waals surface area contributed by atoms with Gasteiger partial charge in [-0.25, -0.2) is 5.43 Å². The van der Waals surface area contributed by atoms with Gasteiger partial charge in [-0.15, -0.1) is 5.11 Å². The average molecular weight is 363 g/mol. The zero-order valence-corrected chi connectivity index (χ0v) is 15.9. The molecule has 9 heteroatoms. The van der Waals surface area contributed by atoms with E-state index in [2.05, 4.69) is 54.1 Å². The largest absolute Gasteiger partial charge is 0.496 e. The van der Waals surface area contributed by atoms with Crippen LogP contribution in [0.5, 0.6) is 11.5 Å². The van der Waals surface area contributed by atoms with Crippen molar-refractivity contribution in [1.82, 2.24) is 16.1 Å². The van der Waals surface area contributed by atoms with Crippen LogP contribution in [0.1, 0.15) is 50.7 Å². The first kappa shape index (κ1) is 20.0. The molecule has 0 amide bonds. The first-order valence-electron chi connectivity index (χ1n) is 8.59. The molecule has 0 spiro atoms. The van der Waals surface area contributed by atoms with E-state index in [-0.39, 0.29) is 5.92 Å². The lowest BCUT2D eigenvalue weighted by Gasteiger charge is -2.30. The van der Waals surface area contributed by atoms with Crippen molar-refractivity contribution in [2.24, 2.45) is 22.0 Å². The summed E-state index contributed by atoms with van der Waals surface area (Å²) >= 11 is 0. The van der Waals surface area contributed by atoms with Crippen molar-refractivity contribution in [3.05, 3.63) is 35.2 Å². The maximum atomic E-state index is 6.20. The van der Waals surface area contributed by atoms with Crippen molar-refractivity contribution in [3.63, 3.8) is 0 Å². The average Bonchev–Trinajstić information content (AvgIpc) is 2.62. The van der Waals surface area contributed by atoms with Crippen LogP contribution in [0.4, 0.5) is 0 Å². The van der Waals surface area contributed by atoms with Gasteiger partial charge in [-0.05, 0) is 24.0 Å². The normalized spacial score (nSPS) is 20.4. The Hall–Kier alpha value is -2.36. The number of nitrogens with two attached hydrogens (primary N) is 2. The summed E-state index contributed by atoms with van der Waals surface area (Å²) in [4.78, 5) is 0. The van der Waals surface area contributed by atoms with Crippen LogP contribution in [-0.2, 0) is 0 Å². The molecule has 144 valence electrons. The third kappa shape index (κ3) is 4.43. The van der Waals surface area contributed by atoms with E-state index in [1.165, 1.54) is 0 Å². The predicted molar refractivity (Wildman–Crippen MR) is 100 cm³/mol. The number of nitrogens with one attached hydrogen (secondary N) is 3. The van der Waals surface area contributed by atoms with Crippen LogP contribution in [0.3, 0.4) is 0 Å². The minimum Gasteiger partial charge on any atom is -0.496 e. The number of hydrazine groups is 1. The van der Waals surface area contributed by atoms with E-state index in [0.29, 0.717) is 11.7 Å². The molecule has 0 aromatic heterocycles.